The highest BCUT2D eigenvalue weighted by Crippen LogP contribution is 2.33. The van der Waals surface area contributed by atoms with Crippen LogP contribution in [0.25, 0.3) is 0 Å². The maximum absolute atomic E-state index is 14.4. The molecule has 0 aromatic heterocycles. The number of carbonyl (C=O) groups excluding carboxylic acids is 3. The molecule has 28 nitrogen and oxygen atoms in total. The van der Waals surface area contributed by atoms with Gasteiger partial charge in [0.15, 0.2) is 18.9 Å². The van der Waals surface area contributed by atoms with E-state index in [1.54, 1.807) is 0 Å². The summed E-state index contributed by atoms with van der Waals surface area (Å²) in [5.41, 5.74) is 10.5. The SMILES string of the molecule is NC1COC(CO)C(OC2OC(CO)C(O)C(O)C2NC(=O)c2cc3cc(c2)C(=O)NC2C(OC4C(CO)OCC(N)C4O)OC(CO)C(OC4OC(CO)C(O)C(O)C4NC3=O)C2O)C1O. The number of hydrogen-bond donors (Lipinski definition) is 17. The molecule has 6 heterocycles. The quantitative estimate of drug-likeness (QED) is 0.0979. The number of hydrogen-bond acceptors (Lipinski definition) is 25. The summed E-state index contributed by atoms with van der Waals surface area (Å²) in [4.78, 5) is 42.8. The van der Waals surface area contributed by atoms with E-state index in [1.807, 2.05) is 0 Å². The molecule has 1 aromatic rings. The predicted octanol–water partition coefficient (Wildman–Crippen LogP) is -10.7. The molecule has 67 heavy (non-hydrogen) atoms. The summed E-state index contributed by atoms with van der Waals surface area (Å²) in [5.74, 6) is -3.43. The average Bonchev–Trinajstić information content (AvgIpc) is 3.32. The van der Waals surface area contributed by atoms with Crippen molar-refractivity contribution in [3.05, 3.63) is 34.9 Å². The first kappa shape index (κ1) is 51.6. The molecule has 28 heteroatoms. The van der Waals surface area contributed by atoms with Crippen LogP contribution in [-0.2, 0) is 37.9 Å². The normalized spacial score (nSPS) is 45.0. The van der Waals surface area contributed by atoms with Crippen LogP contribution in [0, 0.1) is 0 Å². The summed E-state index contributed by atoms with van der Waals surface area (Å²) in [6.45, 7) is -4.39. The van der Waals surface area contributed by atoms with Gasteiger partial charge in [-0.2, -0.15) is 0 Å². The van der Waals surface area contributed by atoms with Gasteiger partial charge in [0.25, 0.3) is 17.7 Å². The minimum absolute atomic E-state index is 0.176. The highest BCUT2D eigenvalue weighted by molar-refractivity contribution is 6.04. The first-order valence-corrected chi connectivity index (χ1v) is 21.5. The molecule has 23 unspecified atom stereocenters. The van der Waals surface area contributed by atoms with E-state index in [2.05, 4.69) is 16.0 Å². The van der Waals surface area contributed by atoms with Gasteiger partial charge >= 0.3 is 0 Å². The van der Waals surface area contributed by atoms with Crippen molar-refractivity contribution in [2.75, 3.05) is 46.2 Å². The fraction of sp³-hybridized carbons (Fsp3) is 0.769. The standard InChI is InChI=1S/C39H59N5O23/c40-14-9-60-18(6-47)31(24(14)50)65-37-21(28(54)26(52)16(4-45)62-37)42-34(57)11-1-12-3-13(2-11)36(59)44-23-30(56)33(67-38-22(43-35(12)58)29(55)27(53)17(5-46)63-38)20(8-49)64-39(23)66-32-19(7-48)61-10-15(41)25(32)51/h1-3,14-33,37-39,45-56H,4-10,40-41H2,(H,42,57)(H,43,58)(H,44,59). The van der Waals surface area contributed by atoms with Gasteiger partial charge in [0.2, 0.25) is 0 Å². The van der Waals surface area contributed by atoms with Gasteiger partial charge in [-0.1, -0.05) is 0 Å². The highest BCUT2D eigenvalue weighted by atomic mass is 16.7. The fourth-order valence-electron chi connectivity index (χ4n) is 8.83. The van der Waals surface area contributed by atoms with Crippen molar-refractivity contribution in [2.24, 2.45) is 11.5 Å². The Labute approximate surface area is 380 Å². The van der Waals surface area contributed by atoms with E-state index in [9.17, 15) is 75.7 Å². The molecule has 7 rings (SSSR count). The topological polar surface area (TPSA) is 456 Å². The summed E-state index contributed by atoms with van der Waals surface area (Å²) >= 11 is 0. The van der Waals surface area contributed by atoms with Crippen molar-refractivity contribution in [1.82, 2.24) is 16.0 Å². The second kappa shape index (κ2) is 21.8. The summed E-state index contributed by atoms with van der Waals surface area (Å²) < 4.78 is 46.5. The summed E-state index contributed by atoms with van der Waals surface area (Å²) in [5, 5.41) is 136. The predicted molar refractivity (Wildman–Crippen MR) is 214 cm³/mol. The second-order valence-corrected chi connectivity index (χ2v) is 17.1. The zero-order valence-electron chi connectivity index (χ0n) is 35.5. The third kappa shape index (κ3) is 10.5. The van der Waals surface area contributed by atoms with Crippen molar-refractivity contribution >= 4 is 17.7 Å². The molecule has 0 spiro atoms. The first-order valence-electron chi connectivity index (χ1n) is 21.5. The number of ether oxygens (including phenoxy) is 8. The Hall–Kier alpha value is -3.25. The van der Waals surface area contributed by atoms with Gasteiger partial charge in [0.05, 0.1) is 58.3 Å². The van der Waals surface area contributed by atoms with Crippen LogP contribution in [0.2, 0.25) is 0 Å². The van der Waals surface area contributed by atoms with Gasteiger partial charge in [-0.05, 0) is 18.2 Å². The second-order valence-electron chi connectivity index (χ2n) is 17.1. The van der Waals surface area contributed by atoms with Crippen molar-refractivity contribution in [2.45, 2.75) is 141 Å². The van der Waals surface area contributed by atoms with Gasteiger partial charge in [0.1, 0.15) is 110 Å². The summed E-state index contributed by atoms with van der Waals surface area (Å²) in [7, 11) is 0. The number of amides is 3. The van der Waals surface area contributed by atoms with E-state index in [0.29, 0.717) is 0 Å². The van der Waals surface area contributed by atoms with Crippen LogP contribution in [0.5, 0.6) is 0 Å². The molecule has 5 saturated heterocycles. The Morgan fingerprint density at radius 3 is 1.60 bits per heavy atom. The third-order valence-electron chi connectivity index (χ3n) is 12.8. The van der Waals surface area contributed by atoms with Gasteiger partial charge in [-0.25, -0.2) is 0 Å². The monoisotopic (exact) mass is 965 g/mol. The molecular formula is C39H59N5O23. The number of carbonyl (C=O) groups is 3. The molecule has 0 radical (unpaired) electrons. The minimum Gasteiger partial charge on any atom is -0.394 e. The van der Waals surface area contributed by atoms with E-state index >= 15 is 0 Å². The molecule has 1 aromatic carbocycles. The number of benzene rings is 1. The lowest BCUT2D eigenvalue weighted by atomic mass is 9.94. The van der Waals surface area contributed by atoms with E-state index < -0.39 is 208 Å². The lowest BCUT2D eigenvalue weighted by Gasteiger charge is -2.49. The van der Waals surface area contributed by atoms with E-state index in [0.717, 1.165) is 18.2 Å². The summed E-state index contributed by atoms with van der Waals surface area (Å²) in [6.07, 6.45) is -29.7. The van der Waals surface area contributed by atoms with Gasteiger partial charge in [0, 0.05) is 16.7 Å². The van der Waals surface area contributed by atoms with Crippen LogP contribution in [0.1, 0.15) is 31.1 Å². The first-order chi connectivity index (χ1) is 31.9. The van der Waals surface area contributed by atoms with Crippen molar-refractivity contribution in [3.8, 4) is 0 Å². The molecule has 19 N–H and O–H groups in total. The maximum Gasteiger partial charge on any atom is 0.251 e. The molecule has 6 aliphatic heterocycles. The third-order valence-corrected chi connectivity index (χ3v) is 12.8. The molecule has 5 fully saturated rings. The minimum atomic E-state index is -1.97. The summed E-state index contributed by atoms with van der Waals surface area (Å²) in [6, 6.07) is -4.41. The van der Waals surface area contributed by atoms with Crippen LogP contribution < -0.4 is 27.4 Å². The molecule has 378 valence electrons. The average molecular weight is 966 g/mol. The molecule has 23 atom stereocenters. The molecule has 4 bridgehead atoms. The lowest BCUT2D eigenvalue weighted by molar-refractivity contribution is -0.344. The number of nitrogens with two attached hydrogens (primary N) is 2. The fourth-order valence-corrected chi connectivity index (χ4v) is 8.83. The maximum atomic E-state index is 14.4. The zero-order chi connectivity index (χ0) is 48.6. The van der Waals surface area contributed by atoms with Gasteiger partial charge < -0.3 is 127 Å². The van der Waals surface area contributed by atoms with Crippen LogP contribution in [-0.4, -0.2) is 266 Å². The molecule has 0 saturated carbocycles. The Morgan fingerprint density at radius 1 is 0.582 bits per heavy atom. The largest absolute Gasteiger partial charge is 0.394 e. The van der Waals surface area contributed by atoms with Crippen LogP contribution in [0.15, 0.2) is 18.2 Å². The Balaban J connectivity index is 1.26. The molecule has 0 aliphatic carbocycles. The Kier molecular flexibility index (Phi) is 16.8. The zero-order valence-corrected chi connectivity index (χ0v) is 35.5. The smallest absolute Gasteiger partial charge is 0.251 e. The molecular weight excluding hydrogens is 906 g/mol. The van der Waals surface area contributed by atoms with E-state index in [-0.39, 0.29) is 13.2 Å². The van der Waals surface area contributed by atoms with Crippen LogP contribution >= 0.6 is 0 Å². The number of aliphatic hydroxyl groups excluding tert-OH is 12. The lowest BCUT2D eigenvalue weighted by Crippen LogP contribution is -2.70. The van der Waals surface area contributed by atoms with Crippen molar-refractivity contribution in [1.29, 1.82) is 0 Å². The van der Waals surface area contributed by atoms with Crippen molar-refractivity contribution in [3.63, 3.8) is 0 Å². The number of fused-ring (bicyclic) bond motifs is 5. The van der Waals surface area contributed by atoms with Gasteiger partial charge in [-0.15, -0.1) is 0 Å². The molecule has 3 amide bonds. The van der Waals surface area contributed by atoms with Gasteiger partial charge in [-0.3, -0.25) is 14.4 Å². The van der Waals surface area contributed by atoms with E-state index in [4.69, 9.17) is 49.4 Å². The number of nitrogens with one attached hydrogen (secondary N) is 3. The number of rotatable bonds is 11. The Morgan fingerprint density at radius 2 is 1.06 bits per heavy atom. The van der Waals surface area contributed by atoms with E-state index in [1.165, 1.54) is 0 Å². The number of aliphatic hydroxyl groups is 12. The highest BCUT2D eigenvalue weighted by Gasteiger charge is 2.55. The Bertz CT molecular complexity index is 1870. The van der Waals surface area contributed by atoms with Crippen LogP contribution in [0.4, 0.5) is 0 Å². The van der Waals surface area contributed by atoms with Crippen LogP contribution in [0.3, 0.4) is 0 Å². The van der Waals surface area contributed by atoms with Crippen molar-refractivity contribution < 1.29 is 114 Å². The molecule has 6 aliphatic rings.